The third-order valence-corrected chi connectivity index (χ3v) is 6.02. The minimum Gasteiger partial charge on any atom is -0.497 e. The number of aromatic nitrogens is 1. The maximum absolute atomic E-state index is 13.0. The lowest BCUT2D eigenvalue weighted by Gasteiger charge is -2.29. The number of carbonyl (C=O) groups excluding carboxylic acids is 1. The third-order valence-electron chi connectivity index (χ3n) is 5.03. The molecule has 148 valence electrons. The summed E-state index contributed by atoms with van der Waals surface area (Å²) in [5.41, 5.74) is 4.06. The molecule has 0 aliphatic carbocycles. The van der Waals surface area contributed by atoms with Crippen LogP contribution in [0.15, 0.2) is 58.5 Å². The highest BCUT2D eigenvalue weighted by Crippen LogP contribution is 2.30. The van der Waals surface area contributed by atoms with Gasteiger partial charge in [-0.2, -0.15) is 0 Å². The molecule has 0 saturated carbocycles. The summed E-state index contributed by atoms with van der Waals surface area (Å²) in [5.74, 6) is 1.24. The molecule has 29 heavy (non-hydrogen) atoms. The summed E-state index contributed by atoms with van der Waals surface area (Å²) in [4.78, 5) is 23.8. The fourth-order valence-corrected chi connectivity index (χ4v) is 4.49. The largest absolute Gasteiger partial charge is 0.497 e. The number of thioether (sulfide) groups is 1. The Hall–Kier alpha value is -2.86. The number of ether oxygens (including phenoxy) is 1. The van der Waals surface area contributed by atoms with E-state index in [9.17, 15) is 4.79 Å². The van der Waals surface area contributed by atoms with Gasteiger partial charge in [0.25, 0.3) is 0 Å². The number of para-hydroxylation sites is 1. The van der Waals surface area contributed by atoms with Gasteiger partial charge in [-0.25, -0.2) is 4.98 Å². The fraction of sp³-hybridized carbons (Fsp3) is 0.261. The van der Waals surface area contributed by atoms with Gasteiger partial charge < -0.3 is 9.64 Å². The first kappa shape index (κ1) is 19.5. The van der Waals surface area contributed by atoms with Gasteiger partial charge in [0, 0.05) is 36.4 Å². The standard InChI is InChI=1S/C23H23N3O2S/c1-24-14-18-12-17-13-19(28-2)9-10-20(17)25-23(18)29-15-22(27)26-11-5-7-16-6-3-4-8-21(16)26/h3-4,6,8-10,12-14H,5,7,11,15H2,1-2H3. The van der Waals surface area contributed by atoms with E-state index in [0.29, 0.717) is 5.75 Å². The summed E-state index contributed by atoms with van der Waals surface area (Å²) < 4.78 is 5.31. The number of aryl methyl sites for hydroxylation is 1. The monoisotopic (exact) mass is 405 g/mol. The van der Waals surface area contributed by atoms with Crippen LogP contribution < -0.4 is 9.64 Å². The number of pyridine rings is 1. The molecule has 0 bridgehead atoms. The second-order valence-corrected chi connectivity index (χ2v) is 7.86. The van der Waals surface area contributed by atoms with Gasteiger partial charge in [0.05, 0.1) is 18.4 Å². The van der Waals surface area contributed by atoms with E-state index in [2.05, 4.69) is 11.1 Å². The van der Waals surface area contributed by atoms with Crippen molar-refractivity contribution >= 4 is 40.5 Å². The number of nitrogens with zero attached hydrogens (tertiary/aromatic N) is 3. The van der Waals surface area contributed by atoms with E-state index in [-0.39, 0.29) is 5.91 Å². The van der Waals surface area contributed by atoms with Crippen LogP contribution in [0.3, 0.4) is 0 Å². The first-order valence-corrected chi connectivity index (χ1v) is 10.6. The molecule has 2 heterocycles. The predicted molar refractivity (Wildman–Crippen MR) is 120 cm³/mol. The molecule has 4 rings (SSSR count). The molecule has 1 aliphatic heterocycles. The Kier molecular flexibility index (Phi) is 5.81. The van der Waals surface area contributed by atoms with Crippen molar-refractivity contribution in [3.63, 3.8) is 0 Å². The number of hydrogen-bond donors (Lipinski definition) is 0. The van der Waals surface area contributed by atoms with Crippen LogP contribution in [0.5, 0.6) is 5.75 Å². The Balaban J connectivity index is 1.58. The molecule has 2 aromatic carbocycles. The molecule has 6 heteroatoms. The summed E-state index contributed by atoms with van der Waals surface area (Å²) in [7, 11) is 3.39. The zero-order valence-corrected chi connectivity index (χ0v) is 17.4. The summed E-state index contributed by atoms with van der Waals surface area (Å²) in [6, 6.07) is 16.0. The fourth-order valence-electron chi connectivity index (χ4n) is 3.63. The van der Waals surface area contributed by atoms with Crippen molar-refractivity contribution in [3.05, 3.63) is 59.7 Å². The van der Waals surface area contributed by atoms with Crippen LogP contribution in [0.4, 0.5) is 5.69 Å². The quantitative estimate of drug-likeness (QED) is 0.467. The molecule has 0 unspecified atom stereocenters. The van der Waals surface area contributed by atoms with Gasteiger partial charge in [0.2, 0.25) is 5.91 Å². The highest BCUT2D eigenvalue weighted by Gasteiger charge is 2.22. The topological polar surface area (TPSA) is 54.8 Å². The number of benzene rings is 2. The van der Waals surface area contributed by atoms with Crippen molar-refractivity contribution in [3.8, 4) is 5.75 Å². The Labute approximate surface area is 174 Å². The molecule has 5 nitrogen and oxygen atoms in total. The Bertz CT molecular complexity index is 1080. The average molecular weight is 406 g/mol. The van der Waals surface area contributed by atoms with Crippen molar-refractivity contribution in [1.82, 2.24) is 4.98 Å². The van der Waals surface area contributed by atoms with Gasteiger partial charge in [-0.15, -0.1) is 0 Å². The lowest BCUT2D eigenvalue weighted by Crippen LogP contribution is -2.36. The van der Waals surface area contributed by atoms with Crippen molar-refractivity contribution in [2.24, 2.45) is 4.99 Å². The van der Waals surface area contributed by atoms with E-state index in [1.165, 1.54) is 17.3 Å². The highest BCUT2D eigenvalue weighted by atomic mass is 32.2. The predicted octanol–water partition coefficient (Wildman–Crippen LogP) is 4.36. The zero-order valence-electron chi connectivity index (χ0n) is 16.6. The van der Waals surface area contributed by atoms with Gasteiger partial charge in [0.1, 0.15) is 10.8 Å². The summed E-state index contributed by atoms with van der Waals surface area (Å²) in [5, 5.41) is 1.80. The summed E-state index contributed by atoms with van der Waals surface area (Å²) in [6.45, 7) is 0.768. The van der Waals surface area contributed by atoms with E-state index in [4.69, 9.17) is 9.72 Å². The van der Waals surface area contributed by atoms with Crippen molar-refractivity contribution in [2.45, 2.75) is 17.9 Å². The molecule has 1 amide bonds. The number of carbonyl (C=O) groups is 1. The molecule has 0 spiro atoms. The van der Waals surface area contributed by atoms with Crippen LogP contribution in [-0.4, -0.2) is 43.6 Å². The van der Waals surface area contributed by atoms with Crippen molar-refractivity contribution in [2.75, 3.05) is 31.4 Å². The molecular weight excluding hydrogens is 382 g/mol. The van der Waals surface area contributed by atoms with Crippen LogP contribution in [-0.2, 0) is 11.2 Å². The van der Waals surface area contributed by atoms with Gasteiger partial charge in [-0.1, -0.05) is 30.0 Å². The molecule has 0 atom stereocenters. The van der Waals surface area contributed by atoms with E-state index in [1.807, 2.05) is 47.4 Å². The van der Waals surface area contributed by atoms with E-state index < -0.39 is 0 Å². The minimum absolute atomic E-state index is 0.109. The minimum atomic E-state index is 0.109. The van der Waals surface area contributed by atoms with Gasteiger partial charge in [0.15, 0.2) is 0 Å². The number of hydrogen-bond acceptors (Lipinski definition) is 5. The number of anilines is 1. The molecular formula is C23H23N3O2S. The average Bonchev–Trinajstić information content (AvgIpc) is 2.76. The van der Waals surface area contributed by atoms with Crippen molar-refractivity contribution < 1.29 is 9.53 Å². The van der Waals surface area contributed by atoms with Crippen LogP contribution in [0, 0.1) is 0 Å². The maximum Gasteiger partial charge on any atom is 0.237 e. The third kappa shape index (κ3) is 4.12. The van der Waals surface area contributed by atoms with Crippen LogP contribution in [0.2, 0.25) is 0 Å². The maximum atomic E-state index is 13.0. The Morgan fingerprint density at radius 3 is 2.97 bits per heavy atom. The number of aliphatic imine (C=N–C) groups is 1. The van der Waals surface area contributed by atoms with E-state index in [0.717, 1.165) is 52.3 Å². The molecule has 0 radical (unpaired) electrons. The summed E-state index contributed by atoms with van der Waals surface area (Å²) in [6.07, 6.45) is 3.81. The number of methoxy groups -OCH3 is 1. The second-order valence-electron chi connectivity index (χ2n) is 6.89. The lowest BCUT2D eigenvalue weighted by molar-refractivity contribution is -0.116. The SMILES string of the molecule is CN=Cc1cc2cc(OC)ccc2nc1SCC(=O)N1CCCc2ccccc21. The Morgan fingerprint density at radius 2 is 2.14 bits per heavy atom. The van der Waals surface area contributed by atoms with Gasteiger partial charge in [-0.05, 0) is 48.7 Å². The smallest absolute Gasteiger partial charge is 0.237 e. The molecule has 3 aromatic rings. The molecule has 1 aliphatic rings. The van der Waals surface area contributed by atoms with E-state index in [1.54, 1.807) is 20.4 Å². The van der Waals surface area contributed by atoms with Gasteiger partial charge >= 0.3 is 0 Å². The number of fused-ring (bicyclic) bond motifs is 2. The molecule has 0 N–H and O–H groups in total. The van der Waals surface area contributed by atoms with Gasteiger partial charge in [-0.3, -0.25) is 9.79 Å². The normalized spacial score (nSPS) is 13.7. The Morgan fingerprint density at radius 1 is 1.28 bits per heavy atom. The zero-order chi connectivity index (χ0) is 20.2. The van der Waals surface area contributed by atoms with Crippen LogP contribution in [0.25, 0.3) is 10.9 Å². The first-order valence-electron chi connectivity index (χ1n) is 9.61. The summed E-state index contributed by atoms with van der Waals surface area (Å²) >= 11 is 1.46. The second kappa shape index (κ2) is 8.66. The number of rotatable bonds is 5. The van der Waals surface area contributed by atoms with Crippen molar-refractivity contribution in [1.29, 1.82) is 0 Å². The lowest BCUT2D eigenvalue weighted by atomic mass is 10.0. The number of amides is 1. The molecule has 1 aromatic heterocycles. The van der Waals surface area contributed by atoms with E-state index >= 15 is 0 Å². The van der Waals surface area contributed by atoms with Crippen LogP contribution in [0.1, 0.15) is 17.5 Å². The van der Waals surface area contributed by atoms with Crippen LogP contribution >= 0.6 is 11.8 Å². The molecule has 0 fully saturated rings. The highest BCUT2D eigenvalue weighted by molar-refractivity contribution is 8.00. The first-order chi connectivity index (χ1) is 14.2. The molecule has 0 saturated heterocycles.